The van der Waals surface area contributed by atoms with Crippen molar-refractivity contribution in [2.24, 2.45) is 0 Å². The third-order valence-electron chi connectivity index (χ3n) is 5.86. The van der Waals surface area contributed by atoms with Crippen LogP contribution in [0.3, 0.4) is 0 Å². The van der Waals surface area contributed by atoms with Crippen LogP contribution in [0.1, 0.15) is 24.6 Å². The molecule has 2 aromatic heterocycles. The summed E-state index contributed by atoms with van der Waals surface area (Å²) < 4.78 is 2.04. The van der Waals surface area contributed by atoms with Gasteiger partial charge >= 0.3 is 0 Å². The minimum atomic E-state index is 0.0686. The van der Waals surface area contributed by atoms with Crippen LogP contribution >= 0.6 is 8.58 Å². The Hall–Kier alpha value is -2.49. The number of fused-ring (bicyclic) bond motifs is 2. The first-order valence-corrected chi connectivity index (χ1v) is 11.3. The summed E-state index contributed by atoms with van der Waals surface area (Å²) in [4.78, 5) is 21.8. The molecule has 0 radical (unpaired) electrons. The van der Waals surface area contributed by atoms with Gasteiger partial charge in [-0.25, -0.2) is 4.98 Å². The van der Waals surface area contributed by atoms with Crippen LogP contribution in [0.2, 0.25) is 0 Å². The van der Waals surface area contributed by atoms with Crippen molar-refractivity contribution in [1.82, 2.24) is 19.2 Å². The normalized spacial score (nSPS) is 23.2. The number of rotatable bonds is 3. The molecule has 0 N–H and O–H groups in total. The summed E-state index contributed by atoms with van der Waals surface area (Å²) in [6, 6.07) is 4.10. The number of imidazole rings is 1. The standard InChI is InChI=1S/C23H25N4OP/c1-3-25-10-8-17(9-11-25)18-5-7-23-27(15-18)22(28)12-20(29-23)19-4-6-21-24-16(2)13-26(21)14-19/h4-8,12-15,23,29H,3,9-11H2,1-2H3. The molecule has 2 atom stereocenters. The van der Waals surface area contributed by atoms with Crippen molar-refractivity contribution in [3.05, 3.63) is 77.4 Å². The lowest BCUT2D eigenvalue weighted by Crippen LogP contribution is -2.36. The lowest BCUT2D eigenvalue weighted by atomic mass is 9.98. The molecule has 2 unspecified atom stereocenters. The molecule has 0 saturated carbocycles. The number of carbonyl (C=O) groups is 1. The Morgan fingerprint density at radius 2 is 2.17 bits per heavy atom. The van der Waals surface area contributed by atoms with Crippen molar-refractivity contribution in [2.45, 2.75) is 26.1 Å². The number of aryl methyl sites for hydroxylation is 1. The molecule has 3 aliphatic rings. The quantitative estimate of drug-likeness (QED) is 0.728. The highest BCUT2D eigenvalue weighted by Crippen LogP contribution is 2.45. The number of amides is 1. The average molecular weight is 404 g/mol. The van der Waals surface area contributed by atoms with Gasteiger partial charge in [-0.1, -0.05) is 33.7 Å². The smallest absolute Gasteiger partial charge is 0.252 e. The number of hydrogen-bond donors (Lipinski definition) is 0. The summed E-state index contributed by atoms with van der Waals surface area (Å²) in [5, 5.41) is 1.11. The van der Waals surface area contributed by atoms with Gasteiger partial charge < -0.3 is 9.30 Å². The van der Waals surface area contributed by atoms with Crippen LogP contribution in [0.5, 0.6) is 0 Å². The topological polar surface area (TPSA) is 40.8 Å². The molecule has 0 spiro atoms. The molecule has 1 amide bonds. The Bertz CT molecular complexity index is 1110. The summed E-state index contributed by atoms with van der Waals surface area (Å²) in [6.07, 6.45) is 15.7. The Balaban J connectivity index is 1.40. The lowest BCUT2D eigenvalue weighted by molar-refractivity contribution is -0.123. The van der Waals surface area contributed by atoms with E-state index in [1.165, 1.54) is 11.1 Å². The Morgan fingerprint density at radius 1 is 1.28 bits per heavy atom. The highest BCUT2D eigenvalue weighted by molar-refractivity contribution is 7.51. The van der Waals surface area contributed by atoms with Crippen LogP contribution in [0, 0.1) is 6.92 Å². The van der Waals surface area contributed by atoms with Crippen LogP contribution in [0.15, 0.2) is 66.2 Å². The van der Waals surface area contributed by atoms with E-state index in [4.69, 9.17) is 0 Å². The van der Waals surface area contributed by atoms with Gasteiger partial charge in [0, 0.05) is 37.8 Å². The maximum atomic E-state index is 12.9. The summed E-state index contributed by atoms with van der Waals surface area (Å²) in [5.41, 5.74) is 5.57. The molecule has 148 valence electrons. The zero-order valence-electron chi connectivity index (χ0n) is 16.8. The van der Waals surface area contributed by atoms with E-state index in [9.17, 15) is 4.79 Å². The van der Waals surface area contributed by atoms with Crippen molar-refractivity contribution in [3.63, 3.8) is 0 Å². The number of hydrogen-bond acceptors (Lipinski definition) is 3. The monoisotopic (exact) mass is 404 g/mol. The summed E-state index contributed by atoms with van der Waals surface area (Å²) >= 11 is 0. The maximum absolute atomic E-state index is 12.9. The van der Waals surface area contributed by atoms with E-state index in [-0.39, 0.29) is 11.7 Å². The van der Waals surface area contributed by atoms with Gasteiger partial charge in [-0.3, -0.25) is 9.69 Å². The fraction of sp³-hybridized carbons (Fsp3) is 0.304. The zero-order valence-corrected chi connectivity index (χ0v) is 17.8. The van der Waals surface area contributed by atoms with Gasteiger partial charge in [0.15, 0.2) is 0 Å². The second kappa shape index (κ2) is 7.40. The van der Waals surface area contributed by atoms with Crippen LogP contribution in [0.25, 0.3) is 11.0 Å². The number of nitrogens with zero attached hydrogens (tertiary/aromatic N) is 4. The minimum absolute atomic E-state index is 0.0686. The predicted molar refractivity (Wildman–Crippen MR) is 119 cm³/mol. The molecule has 5 nitrogen and oxygen atoms in total. The molecular formula is C23H25N4OP. The third kappa shape index (κ3) is 3.50. The van der Waals surface area contributed by atoms with Crippen molar-refractivity contribution in [1.29, 1.82) is 0 Å². The van der Waals surface area contributed by atoms with Gasteiger partial charge in [-0.2, -0.15) is 0 Å². The largest absolute Gasteiger partial charge is 0.306 e. The van der Waals surface area contributed by atoms with Crippen molar-refractivity contribution in [3.8, 4) is 0 Å². The van der Waals surface area contributed by atoms with Crippen LogP contribution < -0.4 is 0 Å². The summed E-state index contributed by atoms with van der Waals surface area (Å²) in [7, 11) is 0.532. The third-order valence-corrected chi connectivity index (χ3v) is 7.37. The fourth-order valence-electron chi connectivity index (χ4n) is 4.17. The molecule has 0 bridgehead atoms. The molecule has 0 aromatic carbocycles. The van der Waals surface area contributed by atoms with E-state index in [0.717, 1.165) is 48.3 Å². The molecule has 5 heterocycles. The van der Waals surface area contributed by atoms with Gasteiger partial charge in [0.25, 0.3) is 5.91 Å². The second-order valence-corrected chi connectivity index (χ2v) is 9.19. The van der Waals surface area contributed by atoms with Crippen molar-refractivity contribution >= 4 is 25.4 Å². The summed E-state index contributed by atoms with van der Waals surface area (Å²) in [6.45, 7) is 7.37. The molecule has 0 aliphatic carbocycles. The van der Waals surface area contributed by atoms with E-state index < -0.39 is 0 Å². The molecule has 3 aliphatic heterocycles. The minimum Gasteiger partial charge on any atom is -0.306 e. The van der Waals surface area contributed by atoms with Gasteiger partial charge in [0.2, 0.25) is 0 Å². The van der Waals surface area contributed by atoms with Gasteiger partial charge in [-0.05, 0) is 54.0 Å². The first kappa shape index (κ1) is 18.5. The van der Waals surface area contributed by atoms with Crippen LogP contribution in [-0.4, -0.2) is 50.5 Å². The van der Waals surface area contributed by atoms with E-state index >= 15 is 0 Å². The van der Waals surface area contributed by atoms with Gasteiger partial charge in [0.05, 0.1) is 11.5 Å². The van der Waals surface area contributed by atoms with Gasteiger partial charge in [0.1, 0.15) is 5.65 Å². The Morgan fingerprint density at radius 3 is 2.97 bits per heavy atom. The maximum Gasteiger partial charge on any atom is 0.252 e. The lowest BCUT2D eigenvalue weighted by Gasteiger charge is -2.35. The van der Waals surface area contributed by atoms with Crippen LogP contribution in [0.4, 0.5) is 0 Å². The molecule has 6 heteroatoms. The number of pyridine rings is 1. The number of aromatic nitrogens is 2. The molecule has 2 aromatic rings. The van der Waals surface area contributed by atoms with E-state index in [0.29, 0.717) is 8.58 Å². The molecule has 0 saturated heterocycles. The number of likely N-dealkylation sites (N-methyl/N-ethyl adjacent to an activating group) is 1. The molecule has 29 heavy (non-hydrogen) atoms. The first-order chi connectivity index (χ1) is 14.1. The summed E-state index contributed by atoms with van der Waals surface area (Å²) in [5.74, 6) is 0.182. The first-order valence-electron chi connectivity index (χ1n) is 10.2. The highest BCUT2D eigenvalue weighted by atomic mass is 31.1. The molecular weight excluding hydrogens is 379 g/mol. The Kier molecular flexibility index (Phi) is 4.73. The van der Waals surface area contributed by atoms with Gasteiger partial charge in [-0.15, -0.1) is 0 Å². The van der Waals surface area contributed by atoms with Crippen LogP contribution in [-0.2, 0) is 4.79 Å². The van der Waals surface area contributed by atoms with E-state index in [2.05, 4.69) is 53.5 Å². The fourth-order valence-corrected chi connectivity index (χ4v) is 5.55. The van der Waals surface area contributed by atoms with Crippen molar-refractivity contribution < 1.29 is 4.79 Å². The Labute approximate surface area is 172 Å². The predicted octanol–water partition coefficient (Wildman–Crippen LogP) is 3.94. The number of carbonyl (C=O) groups excluding carboxylic acids is 1. The highest BCUT2D eigenvalue weighted by Gasteiger charge is 2.29. The van der Waals surface area contributed by atoms with E-state index in [1.807, 2.05) is 28.5 Å². The van der Waals surface area contributed by atoms with Crippen molar-refractivity contribution in [2.75, 3.05) is 19.6 Å². The second-order valence-electron chi connectivity index (χ2n) is 7.77. The van der Waals surface area contributed by atoms with E-state index in [1.54, 1.807) is 6.08 Å². The molecule has 0 fully saturated rings. The number of allylic oxidation sites excluding steroid dienone is 2. The zero-order chi connectivity index (χ0) is 20.0. The average Bonchev–Trinajstić information content (AvgIpc) is 3.12. The SMILES string of the molecule is CCN1CC=C(C2=CN3C(=O)C=C(c4ccc5nc(C)cn5c4)PC3C=C2)CC1. The molecule has 5 rings (SSSR count).